The molecule has 0 atom stereocenters. The molecule has 0 radical (unpaired) electrons. The molecule has 0 saturated heterocycles. The number of allylic oxidation sites excluding steroid dienone is 1. The van der Waals surface area contributed by atoms with Gasteiger partial charge in [0.15, 0.2) is 5.78 Å². The van der Waals surface area contributed by atoms with Gasteiger partial charge >= 0.3 is 0 Å². The van der Waals surface area contributed by atoms with Crippen LogP contribution in [-0.2, 0) is 11.2 Å². The topological polar surface area (TPSA) is 20.3 Å². The van der Waals surface area contributed by atoms with Gasteiger partial charge in [-0.3, -0.25) is 4.79 Å². The first-order valence-electron chi connectivity index (χ1n) is 10.8. The highest BCUT2D eigenvalue weighted by Gasteiger charge is 2.12. The van der Waals surface area contributed by atoms with Crippen molar-refractivity contribution in [2.45, 2.75) is 20.3 Å². The van der Waals surface area contributed by atoms with Crippen LogP contribution in [0.25, 0.3) is 11.1 Å². The minimum Gasteiger partial charge on any atom is -0.311 e. The molecular weight excluding hydrogens is 390 g/mol. The normalized spacial score (nSPS) is 10.6. The summed E-state index contributed by atoms with van der Waals surface area (Å²) >= 11 is 0. The second kappa shape index (κ2) is 9.49. The van der Waals surface area contributed by atoms with Crippen molar-refractivity contribution < 1.29 is 4.79 Å². The number of carbonyl (C=O) groups excluding carboxylic acids is 1. The summed E-state index contributed by atoms with van der Waals surface area (Å²) in [6.07, 6.45) is 1.76. The standard InChI is InChI=1S/C30H27NO/c1-4-30(32)21-24-6-5-7-26(20-24)25-12-18-29(19-13-25)31(27-14-8-22(2)9-15-27)28-16-10-23(3)11-17-28/h4-20H,1,21H2,2-3H3. The van der Waals surface area contributed by atoms with Crippen molar-refractivity contribution in [3.63, 3.8) is 0 Å². The van der Waals surface area contributed by atoms with Crippen molar-refractivity contribution in [3.8, 4) is 11.1 Å². The number of rotatable bonds is 7. The Bertz CT molecular complexity index is 1170. The molecule has 0 fully saturated rings. The Labute approximate surface area is 190 Å². The van der Waals surface area contributed by atoms with E-state index in [2.05, 4.69) is 110 Å². The van der Waals surface area contributed by atoms with Crippen LogP contribution in [0, 0.1) is 13.8 Å². The Morgan fingerprint density at radius 2 is 1.22 bits per heavy atom. The zero-order valence-electron chi connectivity index (χ0n) is 18.6. The molecule has 4 rings (SSSR count). The highest BCUT2D eigenvalue weighted by molar-refractivity contribution is 5.91. The van der Waals surface area contributed by atoms with Crippen molar-refractivity contribution in [1.29, 1.82) is 0 Å². The number of hydrogen-bond acceptors (Lipinski definition) is 2. The van der Waals surface area contributed by atoms with Crippen LogP contribution in [0.5, 0.6) is 0 Å². The molecule has 0 unspecified atom stereocenters. The Hall–Kier alpha value is -3.91. The van der Waals surface area contributed by atoms with Crippen molar-refractivity contribution >= 4 is 22.8 Å². The zero-order valence-corrected chi connectivity index (χ0v) is 18.6. The number of aryl methyl sites for hydroxylation is 2. The third-order valence-corrected chi connectivity index (χ3v) is 5.58. The molecule has 2 nitrogen and oxygen atoms in total. The second-order valence-electron chi connectivity index (χ2n) is 8.10. The Morgan fingerprint density at radius 3 is 1.72 bits per heavy atom. The van der Waals surface area contributed by atoms with Crippen LogP contribution in [0.2, 0.25) is 0 Å². The van der Waals surface area contributed by atoms with E-state index in [-0.39, 0.29) is 5.78 Å². The van der Waals surface area contributed by atoms with E-state index < -0.39 is 0 Å². The molecule has 0 spiro atoms. The molecule has 0 aliphatic carbocycles. The summed E-state index contributed by atoms with van der Waals surface area (Å²) < 4.78 is 0. The lowest BCUT2D eigenvalue weighted by Crippen LogP contribution is -2.09. The Morgan fingerprint density at radius 1 is 0.719 bits per heavy atom. The average Bonchev–Trinajstić information content (AvgIpc) is 2.82. The van der Waals surface area contributed by atoms with Gasteiger partial charge in [-0.05, 0) is 73.0 Å². The van der Waals surface area contributed by atoms with Crippen LogP contribution in [0.4, 0.5) is 17.1 Å². The van der Waals surface area contributed by atoms with Gasteiger partial charge in [0.2, 0.25) is 0 Å². The molecule has 158 valence electrons. The van der Waals surface area contributed by atoms with E-state index in [1.165, 1.54) is 17.2 Å². The minimum absolute atomic E-state index is 0.0318. The van der Waals surface area contributed by atoms with E-state index in [1.54, 1.807) is 0 Å². The monoisotopic (exact) mass is 417 g/mol. The summed E-state index contributed by atoms with van der Waals surface area (Å²) in [4.78, 5) is 14.0. The molecule has 4 aromatic carbocycles. The lowest BCUT2D eigenvalue weighted by Gasteiger charge is -2.26. The van der Waals surface area contributed by atoms with E-state index >= 15 is 0 Å². The summed E-state index contributed by atoms with van der Waals surface area (Å²) in [7, 11) is 0. The Balaban J connectivity index is 1.69. The fraction of sp³-hybridized carbons (Fsp3) is 0.100. The summed E-state index contributed by atoms with van der Waals surface area (Å²) in [6, 6.07) is 33.9. The highest BCUT2D eigenvalue weighted by Crippen LogP contribution is 2.35. The summed E-state index contributed by atoms with van der Waals surface area (Å²) in [6.45, 7) is 7.77. The number of hydrogen-bond donors (Lipinski definition) is 0. The second-order valence-corrected chi connectivity index (χ2v) is 8.10. The Kier molecular flexibility index (Phi) is 6.32. The quantitative estimate of drug-likeness (QED) is 0.287. The molecule has 0 saturated carbocycles. The lowest BCUT2D eigenvalue weighted by atomic mass is 10.00. The van der Waals surface area contributed by atoms with Crippen molar-refractivity contribution in [2.75, 3.05) is 4.90 Å². The smallest absolute Gasteiger partial charge is 0.159 e. The maximum Gasteiger partial charge on any atom is 0.159 e. The van der Waals surface area contributed by atoms with Crippen LogP contribution in [0.3, 0.4) is 0 Å². The first-order chi connectivity index (χ1) is 15.5. The van der Waals surface area contributed by atoms with Crippen LogP contribution >= 0.6 is 0 Å². The molecule has 0 aliphatic rings. The van der Waals surface area contributed by atoms with Crippen LogP contribution in [0.15, 0.2) is 110 Å². The van der Waals surface area contributed by atoms with Gasteiger partial charge in [-0.25, -0.2) is 0 Å². The summed E-state index contributed by atoms with van der Waals surface area (Å²) in [5.74, 6) is 0.0318. The molecule has 0 N–H and O–H groups in total. The molecule has 2 heteroatoms. The fourth-order valence-electron chi connectivity index (χ4n) is 3.77. The number of carbonyl (C=O) groups is 1. The zero-order chi connectivity index (χ0) is 22.5. The van der Waals surface area contributed by atoms with Crippen LogP contribution in [-0.4, -0.2) is 5.78 Å². The van der Waals surface area contributed by atoms with E-state index in [0.717, 1.165) is 33.8 Å². The number of anilines is 3. The molecule has 0 bridgehead atoms. The van der Waals surface area contributed by atoms with Crippen molar-refractivity contribution in [1.82, 2.24) is 0 Å². The molecule has 32 heavy (non-hydrogen) atoms. The lowest BCUT2D eigenvalue weighted by molar-refractivity contribution is -0.114. The number of benzene rings is 4. The van der Waals surface area contributed by atoms with Gasteiger partial charge in [0.25, 0.3) is 0 Å². The predicted octanol–water partition coefficient (Wildman–Crippen LogP) is 7.74. The maximum absolute atomic E-state index is 11.7. The molecule has 0 amide bonds. The average molecular weight is 418 g/mol. The van der Waals surface area contributed by atoms with Gasteiger partial charge < -0.3 is 4.90 Å². The van der Waals surface area contributed by atoms with Crippen LogP contribution < -0.4 is 4.90 Å². The molecule has 0 aliphatic heterocycles. The van der Waals surface area contributed by atoms with Crippen molar-refractivity contribution in [2.24, 2.45) is 0 Å². The third kappa shape index (κ3) is 4.87. The van der Waals surface area contributed by atoms with E-state index in [9.17, 15) is 4.79 Å². The predicted molar refractivity (Wildman–Crippen MR) is 135 cm³/mol. The van der Waals surface area contributed by atoms with Gasteiger partial charge in [-0.2, -0.15) is 0 Å². The van der Waals surface area contributed by atoms with Gasteiger partial charge in [0.1, 0.15) is 0 Å². The third-order valence-electron chi connectivity index (χ3n) is 5.58. The number of nitrogens with zero attached hydrogens (tertiary/aromatic N) is 1. The van der Waals surface area contributed by atoms with E-state index in [0.29, 0.717) is 6.42 Å². The SMILES string of the molecule is C=CC(=O)Cc1cccc(-c2ccc(N(c3ccc(C)cc3)c3ccc(C)cc3)cc2)c1. The largest absolute Gasteiger partial charge is 0.311 e. The molecule has 4 aromatic rings. The minimum atomic E-state index is 0.0318. The van der Waals surface area contributed by atoms with Crippen molar-refractivity contribution in [3.05, 3.63) is 126 Å². The first-order valence-corrected chi connectivity index (χ1v) is 10.8. The van der Waals surface area contributed by atoms with Crippen LogP contribution in [0.1, 0.15) is 16.7 Å². The summed E-state index contributed by atoms with van der Waals surface area (Å²) in [5.41, 5.74) is 9.04. The number of ketones is 1. The maximum atomic E-state index is 11.7. The van der Waals surface area contributed by atoms with Gasteiger partial charge in [-0.15, -0.1) is 0 Å². The summed E-state index contributed by atoms with van der Waals surface area (Å²) in [5, 5.41) is 0. The molecular formula is C30H27NO. The van der Waals surface area contributed by atoms with E-state index in [1.807, 2.05) is 12.1 Å². The van der Waals surface area contributed by atoms with E-state index in [4.69, 9.17) is 0 Å². The molecule has 0 heterocycles. The van der Waals surface area contributed by atoms with Gasteiger partial charge in [0, 0.05) is 23.5 Å². The van der Waals surface area contributed by atoms with Gasteiger partial charge in [0.05, 0.1) is 0 Å². The van der Waals surface area contributed by atoms with Gasteiger partial charge in [-0.1, -0.05) is 78.4 Å². The first kappa shape index (κ1) is 21.3. The highest BCUT2D eigenvalue weighted by atomic mass is 16.1. The fourth-order valence-corrected chi connectivity index (χ4v) is 3.77. The molecule has 0 aromatic heterocycles.